The molecule has 1 saturated carbocycles. The summed E-state index contributed by atoms with van der Waals surface area (Å²) in [6.07, 6.45) is 5.37. The maximum Gasteiger partial charge on any atom is 0.191 e. The van der Waals surface area contributed by atoms with Gasteiger partial charge >= 0.3 is 0 Å². The minimum atomic E-state index is 0. The number of halogens is 1. The van der Waals surface area contributed by atoms with Crippen molar-refractivity contribution in [1.29, 1.82) is 0 Å². The van der Waals surface area contributed by atoms with Crippen LogP contribution in [0.1, 0.15) is 39.5 Å². The molecule has 0 spiro atoms. The van der Waals surface area contributed by atoms with Crippen LogP contribution < -0.4 is 5.73 Å². The summed E-state index contributed by atoms with van der Waals surface area (Å²) in [5.41, 5.74) is 6.61. The highest BCUT2D eigenvalue weighted by molar-refractivity contribution is 14.0. The van der Waals surface area contributed by atoms with Crippen LogP contribution in [-0.2, 0) is 0 Å². The lowest BCUT2D eigenvalue weighted by atomic mass is 9.64. The van der Waals surface area contributed by atoms with E-state index >= 15 is 0 Å². The Kier molecular flexibility index (Phi) is 7.29. The monoisotopic (exact) mass is 397 g/mol. The summed E-state index contributed by atoms with van der Waals surface area (Å²) in [7, 11) is 0. The van der Waals surface area contributed by atoms with Crippen molar-refractivity contribution in [1.82, 2.24) is 4.90 Å². The first kappa shape index (κ1) is 17.4. The molecule has 112 valence electrons. The molecule has 0 amide bonds. The zero-order valence-electron chi connectivity index (χ0n) is 12.2. The van der Waals surface area contributed by atoms with Crippen molar-refractivity contribution < 1.29 is 0 Å². The topological polar surface area (TPSA) is 41.6 Å². The van der Waals surface area contributed by atoms with Gasteiger partial charge in [0.05, 0.1) is 0 Å². The van der Waals surface area contributed by atoms with E-state index in [2.05, 4.69) is 18.7 Å². The second-order valence-corrected chi connectivity index (χ2v) is 7.45. The van der Waals surface area contributed by atoms with Crippen molar-refractivity contribution in [3.8, 4) is 0 Å². The Hall–Kier alpha value is 0.350. The van der Waals surface area contributed by atoms with Crippen LogP contribution in [-0.4, -0.2) is 42.0 Å². The first-order valence-corrected chi connectivity index (χ1v) is 8.39. The zero-order valence-corrected chi connectivity index (χ0v) is 15.4. The molecule has 1 saturated heterocycles. The molecule has 5 heteroatoms. The normalized spacial score (nSPS) is 22.9. The van der Waals surface area contributed by atoms with Crippen LogP contribution in [0.4, 0.5) is 0 Å². The Morgan fingerprint density at radius 2 is 1.95 bits per heavy atom. The van der Waals surface area contributed by atoms with E-state index in [1.165, 1.54) is 37.2 Å². The molecule has 3 nitrogen and oxygen atoms in total. The van der Waals surface area contributed by atoms with Crippen LogP contribution >= 0.6 is 35.7 Å². The number of guanidine groups is 1. The lowest BCUT2D eigenvalue weighted by Gasteiger charge is -2.42. The largest absolute Gasteiger partial charge is 0.370 e. The number of hydrogen-bond acceptors (Lipinski definition) is 2. The Bertz CT molecular complexity index is 297. The first-order valence-electron chi connectivity index (χ1n) is 7.24. The van der Waals surface area contributed by atoms with Crippen LogP contribution in [0.2, 0.25) is 0 Å². The number of nitrogens with zero attached hydrogens (tertiary/aromatic N) is 2. The van der Waals surface area contributed by atoms with E-state index in [0.29, 0.717) is 5.41 Å². The SMILES string of the molecule is CC(C)CC1(CN=C(N)N2CCSCC2)CCC1.I. The molecule has 2 aliphatic rings. The van der Waals surface area contributed by atoms with Crippen molar-refractivity contribution >= 4 is 41.7 Å². The Labute approximate surface area is 139 Å². The minimum absolute atomic E-state index is 0. The first-order chi connectivity index (χ1) is 8.61. The smallest absolute Gasteiger partial charge is 0.191 e. The summed E-state index contributed by atoms with van der Waals surface area (Å²) in [4.78, 5) is 6.95. The van der Waals surface area contributed by atoms with Gasteiger partial charge in [-0.05, 0) is 30.6 Å². The van der Waals surface area contributed by atoms with Gasteiger partial charge < -0.3 is 10.6 Å². The molecule has 1 heterocycles. The van der Waals surface area contributed by atoms with Gasteiger partial charge in [-0.3, -0.25) is 4.99 Å². The fourth-order valence-corrected chi connectivity index (χ4v) is 4.01. The Morgan fingerprint density at radius 1 is 1.32 bits per heavy atom. The van der Waals surface area contributed by atoms with E-state index in [0.717, 1.165) is 31.5 Å². The standard InChI is InChI=1S/C14H27N3S.HI/c1-12(2)10-14(4-3-5-14)11-16-13(15)17-6-8-18-9-7-17;/h12H,3-11H2,1-2H3,(H2,15,16);1H. The molecule has 2 rings (SSSR count). The van der Waals surface area contributed by atoms with E-state index in [9.17, 15) is 0 Å². The lowest BCUT2D eigenvalue weighted by molar-refractivity contribution is 0.111. The molecule has 19 heavy (non-hydrogen) atoms. The predicted octanol–water partition coefficient (Wildman–Crippen LogP) is 3.18. The van der Waals surface area contributed by atoms with Gasteiger partial charge in [0.2, 0.25) is 0 Å². The minimum Gasteiger partial charge on any atom is -0.370 e. The highest BCUT2D eigenvalue weighted by atomic mass is 127. The van der Waals surface area contributed by atoms with Gasteiger partial charge in [0.25, 0.3) is 0 Å². The zero-order chi connectivity index (χ0) is 13.0. The predicted molar refractivity (Wildman–Crippen MR) is 96.5 cm³/mol. The van der Waals surface area contributed by atoms with E-state index < -0.39 is 0 Å². The Balaban J connectivity index is 0.00000180. The molecular weight excluding hydrogens is 369 g/mol. The molecule has 0 unspecified atom stereocenters. The van der Waals surface area contributed by atoms with Crippen molar-refractivity contribution in [2.24, 2.45) is 22.1 Å². The van der Waals surface area contributed by atoms with Gasteiger partial charge in [-0.15, -0.1) is 24.0 Å². The number of nitrogens with two attached hydrogens (primary N) is 1. The van der Waals surface area contributed by atoms with Crippen molar-refractivity contribution in [2.75, 3.05) is 31.1 Å². The van der Waals surface area contributed by atoms with E-state index in [-0.39, 0.29) is 24.0 Å². The van der Waals surface area contributed by atoms with Gasteiger partial charge in [0, 0.05) is 31.1 Å². The van der Waals surface area contributed by atoms with Crippen molar-refractivity contribution in [3.63, 3.8) is 0 Å². The van der Waals surface area contributed by atoms with Gasteiger partial charge in [-0.2, -0.15) is 11.8 Å². The second-order valence-electron chi connectivity index (χ2n) is 6.23. The van der Waals surface area contributed by atoms with Crippen LogP contribution in [0.15, 0.2) is 4.99 Å². The van der Waals surface area contributed by atoms with Crippen LogP contribution in [0, 0.1) is 11.3 Å². The molecule has 2 N–H and O–H groups in total. The molecule has 0 aromatic heterocycles. The molecule has 0 aromatic rings. The third-order valence-corrected chi connectivity index (χ3v) is 5.11. The fourth-order valence-electron chi connectivity index (χ4n) is 3.11. The van der Waals surface area contributed by atoms with Gasteiger partial charge in [-0.25, -0.2) is 0 Å². The van der Waals surface area contributed by atoms with E-state index in [1.807, 2.05) is 11.8 Å². The molecule has 2 fully saturated rings. The molecule has 0 atom stereocenters. The van der Waals surface area contributed by atoms with Crippen molar-refractivity contribution in [2.45, 2.75) is 39.5 Å². The van der Waals surface area contributed by atoms with E-state index in [4.69, 9.17) is 10.7 Å². The maximum atomic E-state index is 6.13. The summed E-state index contributed by atoms with van der Waals surface area (Å²) in [6.45, 7) is 7.71. The molecule has 1 aliphatic heterocycles. The van der Waals surface area contributed by atoms with Crippen molar-refractivity contribution in [3.05, 3.63) is 0 Å². The third kappa shape index (κ3) is 4.99. The summed E-state index contributed by atoms with van der Waals surface area (Å²) >= 11 is 2.01. The van der Waals surface area contributed by atoms with Gasteiger partial charge in [0.1, 0.15) is 0 Å². The van der Waals surface area contributed by atoms with Crippen LogP contribution in [0.3, 0.4) is 0 Å². The fraction of sp³-hybridized carbons (Fsp3) is 0.929. The third-order valence-electron chi connectivity index (χ3n) is 4.17. The molecular formula is C14H28IN3S. The maximum absolute atomic E-state index is 6.13. The van der Waals surface area contributed by atoms with E-state index in [1.54, 1.807) is 0 Å². The number of hydrogen-bond donors (Lipinski definition) is 1. The summed E-state index contributed by atoms with van der Waals surface area (Å²) in [6, 6.07) is 0. The van der Waals surface area contributed by atoms with Gasteiger partial charge in [0.15, 0.2) is 5.96 Å². The summed E-state index contributed by atoms with van der Waals surface area (Å²) in [5, 5.41) is 0. The number of thioether (sulfide) groups is 1. The highest BCUT2D eigenvalue weighted by Crippen LogP contribution is 2.46. The highest BCUT2D eigenvalue weighted by Gasteiger charge is 2.37. The molecule has 0 bridgehead atoms. The lowest BCUT2D eigenvalue weighted by Crippen LogP contribution is -2.44. The van der Waals surface area contributed by atoms with Gasteiger partial charge in [-0.1, -0.05) is 20.3 Å². The molecule has 1 aliphatic carbocycles. The molecule has 0 aromatic carbocycles. The number of aliphatic imine (C=N–C) groups is 1. The summed E-state index contributed by atoms with van der Waals surface area (Å²) < 4.78 is 0. The quantitative estimate of drug-likeness (QED) is 0.450. The Morgan fingerprint density at radius 3 is 2.42 bits per heavy atom. The second kappa shape index (κ2) is 7.96. The average Bonchev–Trinajstić information content (AvgIpc) is 2.32. The average molecular weight is 397 g/mol. The number of rotatable bonds is 4. The molecule has 0 radical (unpaired) electrons. The van der Waals surface area contributed by atoms with Crippen LogP contribution in [0.25, 0.3) is 0 Å². The summed E-state index contributed by atoms with van der Waals surface area (Å²) in [5.74, 6) is 3.93. The van der Waals surface area contributed by atoms with Crippen LogP contribution in [0.5, 0.6) is 0 Å².